The largest absolute Gasteiger partial charge is 0.350 e. The summed E-state index contributed by atoms with van der Waals surface area (Å²) < 4.78 is 2.77. The second-order valence-electron chi connectivity index (χ2n) is 4.84. The van der Waals surface area contributed by atoms with E-state index in [9.17, 15) is 0 Å². The van der Waals surface area contributed by atoms with Crippen molar-refractivity contribution < 1.29 is 0 Å². The van der Waals surface area contributed by atoms with Gasteiger partial charge in [0, 0.05) is 22.8 Å². The molecule has 0 amide bonds. The van der Waals surface area contributed by atoms with E-state index in [0.29, 0.717) is 18.0 Å². The lowest BCUT2D eigenvalue weighted by Crippen LogP contribution is -2.33. The SMILES string of the molecule is NC1CCC(Nc2nc3ccc(Br)cn3n2)CC1. The van der Waals surface area contributed by atoms with Crippen LogP contribution in [-0.4, -0.2) is 26.7 Å². The minimum atomic E-state index is 0.369. The highest BCUT2D eigenvalue weighted by Crippen LogP contribution is 2.20. The van der Waals surface area contributed by atoms with E-state index in [0.717, 1.165) is 35.8 Å². The fourth-order valence-electron chi connectivity index (χ4n) is 2.37. The molecule has 0 atom stereocenters. The maximum Gasteiger partial charge on any atom is 0.243 e. The number of anilines is 1. The molecule has 1 aliphatic rings. The van der Waals surface area contributed by atoms with Gasteiger partial charge in [0.2, 0.25) is 5.95 Å². The Kier molecular flexibility index (Phi) is 3.22. The molecular formula is C12H16BrN5. The monoisotopic (exact) mass is 309 g/mol. The first kappa shape index (κ1) is 11.9. The minimum absolute atomic E-state index is 0.369. The number of hydrogen-bond acceptors (Lipinski definition) is 4. The molecule has 0 saturated heterocycles. The zero-order valence-electron chi connectivity index (χ0n) is 10.0. The number of nitrogens with one attached hydrogen (secondary N) is 1. The highest BCUT2D eigenvalue weighted by molar-refractivity contribution is 9.10. The van der Waals surface area contributed by atoms with Gasteiger partial charge in [0.15, 0.2) is 5.65 Å². The highest BCUT2D eigenvalue weighted by atomic mass is 79.9. The first-order chi connectivity index (χ1) is 8.70. The second kappa shape index (κ2) is 4.85. The van der Waals surface area contributed by atoms with Crippen molar-refractivity contribution in [3.05, 3.63) is 22.8 Å². The molecule has 3 rings (SSSR count). The van der Waals surface area contributed by atoms with E-state index in [4.69, 9.17) is 5.73 Å². The number of pyridine rings is 1. The fourth-order valence-corrected chi connectivity index (χ4v) is 2.69. The smallest absolute Gasteiger partial charge is 0.243 e. The number of nitrogens with two attached hydrogens (primary N) is 1. The van der Waals surface area contributed by atoms with Gasteiger partial charge >= 0.3 is 0 Å². The Morgan fingerprint density at radius 3 is 2.83 bits per heavy atom. The number of hydrogen-bond donors (Lipinski definition) is 2. The van der Waals surface area contributed by atoms with Gasteiger partial charge in [-0.05, 0) is 53.7 Å². The van der Waals surface area contributed by atoms with Crippen molar-refractivity contribution in [3.8, 4) is 0 Å². The van der Waals surface area contributed by atoms with E-state index in [1.165, 1.54) is 0 Å². The van der Waals surface area contributed by atoms with Crippen LogP contribution in [0.25, 0.3) is 5.65 Å². The third kappa shape index (κ3) is 2.49. The molecule has 2 aromatic heterocycles. The van der Waals surface area contributed by atoms with Gasteiger partial charge in [0.1, 0.15) is 0 Å². The zero-order valence-corrected chi connectivity index (χ0v) is 11.6. The molecule has 2 heterocycles. The summed E-state index contributed by atoms with van der Waals surface area (Å²) in [6, 6.07) is 4.73. The molecule has 2 aromatic rings. The third-order valence-electron chi connectivity index (χ3n) is 3.40. The van der Waals surface area contributed by atoms with Crippen molar-refractivity contribution in [1.29, 1.82) is 0 Å². The predicted octanol–water partition coefficient (Wildman–Crippen LogP) is 2.17. The zero-order chi connectivity index (χ0) is 12.5. The second-order valence-corrected chi connectivity index (χ2v) is 5.76. The van der Waals surface area contributed by atoms with Gasteiger partial charge < -0.3 is 11.1 Å². The molecule has 3 N–H and O–H groups in total. The fraction of sp³-hybridized carbons (Fsp3) is 0.500. The minimum Gasteiger partial charge on any atom is -0.350 e. The maximum atomic E-state index is 5.90. The molecule has 1 saturated carbocycles. The molecule has 0 radical (unpaired) electrons. The summed E-state index contributed by atoms with van der Waals surface area (Å²) in [6.45, 7) is 0. The Bertz CT molecular complexity index is 544. The summed E-state index contributed by atoms with van der Waals surface area (Å²) >= 11 is 3.42. The van der Waals surface area contributed by atoms with Crippen molar-refractivity contribution in [2.45, 2.75) is 37.8 Å². The topological polar surface area (TPSA) is 68.2 Å². The molecule has 0 aromatic carbocycles. The number of halogens is 1. The van der Waals surface area contributed by atoms with Gasteiger partial charge in [-0.2, -0.15) is 4.98 Å². The summed E-state index contributed by atoms with van der Waals surface area (Å²) in [6.07, 6.45) is 6.26. The Balaban J connectivity index is 1.74. The lowest BCUT2D eigenvalue weighted by atomic mass is 9.92. The molecule has 18 heavy (non-hydrogen) atoms. The van der Waals surface area contributed by atoms with E-state index in [2.05, 4.69) is 31.3 Å². The summed E-state index contributed by atoms with van der Waals surface area (Å²) in [7, 11) is 0. The summed E-state index contributed by atoms with van der Waals surface area (Å²) in [5, 5.41) is 7.82. The highest BCUT2D eigenvalue weighted by Gasteiger charge is 2.19. The third-order valence-corrected chi connectivity index (χ3v) is 3.87. The standard InChI is InChI=1S/C12H16BrN5/c13-8-1-6-11-16-12(17-18(11)7-8)15-10-4-2-9(14)3-5-10/h1,6-7,9-10H,2-5,14H2,(H,15,17). The van der Waals surface area contributed by atoms with Gasteiger partial charge in [-0.15, -0.1) is 5.10 Å². The van der Waals surface area contributed by atoms with Crippen LogP contribution in [0, 0.1) is 0 Å². The first-order valence-electron chi connectivity index (χ1n) is 6.25. The summed E-state index contributed by atoms with van der Waals surface area (Å²) in [5.74, 6) is 0.702. The molecule has 0 unspecified atom stereocenters. The van der Waals surface area contributed by atoms with E-state index in [1.807, 2.05) is 18.3 Å². The average molecular weight is 310 g/mol. The van der Waals surface area contributed by atoms with Crippen molar-refractivity contribution in [2.24, 2.45) is 5.73 Å². The number of aromatic nitrogens is 3. The van der Waals surface area contributed by atoms with Crippen LogP contribution in [0.1, 0.15) is 25.7 Å². The lowest BCUT2D eigenvalue weighted by molar-refractivity contribution is 0.410. The van der Waals surface area contributed by atoms with Gasteiger partial charge in [-0.25, -0.2) is 4.52 Å². The molecule has 0 bridgehead atoms. The van der Waals surface area contributed by atoms with Gasteiger partial charge in [0.25, 0.3) is 0 Å². The average Bonchev–Trinajstić information content (AvgIpc) is 2.73. The number of fused-ring (bicyclic) bond motifs is 1. The Morgan fingerprint density at radius 2 is 2.06 bits per heavy atom. The first-order valence-corrected chi connectivity index (χ1v) is 7.04. The Hall–Kier alpha value is -1.14. The van der Waals surface area contributed by atoms with E-state index in [1.54, 1.807) is 4.52 Å². The Morgan fingerprint density at radius 1 is 1.28 bits per heavy atom. The molecule has 1 fully saturated rings. The van der Waals surface area contributed by atoms with Crippen molar-refractivity contribution in [3.63, 3.8) is 0 Å². The van der Waals surface area contributed by atoms with Crippen LogP contribution in [0.4, 0.5) is 5.95 Å². The van der Waals surface area contributed by atoms with Crippen LogP contribution in [0.2, 0.25) is 0 Å². The normalized spacial score (nSPS) is 24.3. The lowest BCUT2D eigenvalue weighted by Gasteiger charge is -2.26. The summed E-state index contributed by atoms with van der Waals surface area (Å²) in [4.78, 5) is 4.46. The predicted molar refractivity (Wildman–Crippen MR) is 74.5 cm³/mol. The number of nitrogens with zero attached hydrogens (tertiary/aromatic N) is 3. The maximum absolute atomic E-state index is 5.90. The van der Waals surface area contributed by atoms with Crippen molar-refractivity contribution in [1.82, 2.24) is 14.6 Å². The van der Waals surface area contributed by atoms with Crippen LogP contribution < -0.4 is 11.1 Å². The van der Waals surface area contributed by atoms with Gasteiger partial charge in [0.05, 0.1) is 0 Å². The molecule has 0 spiro atoms. The van der Waals surface area contributed by atoms with E-state index < -0.39 is 0 Å². The summed E-state index contributed by atoms with van der Waals surface area (Å²) in [5.41, 5.74) is 6.75. The van der Waals surface area contributed by atoms with E-state index >= 15 is 0 Å². The van der Waals surface area contributed by atoms with Gasteiger partial charge in [-0.1, -0.05) is 0 Å². The van der Waals surface area contributed by atoms with E-state index in [-0.39, 0.29) is 0 Å². The van der Waals surface area contributed by atoms with Crippen LogP contribution in [0.3, 0.4) is 0 Å². The number of rotatable bonds is 2. The molecule has 6 heteroatoms. The quantitative estimate of drug-likeness (QED) is 0.892. The molecule has 96 valence electrons. The molecule has 0 aliphatic heterocycles. The van der Waals surface area contributed by atoms with Gasteiger partial charge in [-0.3, -0.25) is 0 Å². The van der Waals surface area contributed by atoms with Crippen molar-refractivity contribution in [2.75, 3.05) is 5.32 Å². The van der Waals surface area contributed by atoms with Crippen LogP contribution >= 0.6 is 15.9 Å². The molecule has 5 nitrogen and oxygen atoms in total. The molecule has 1 aliphatic carbocycles. The van der Waals surface area contributed by atoms with Crippen molar-refractivity contribution >= 4 is 27.5 Å². The van der Waals surface area contributed by atoms with Crippen LogP contribution in [0.15, 0.2) is 22.8 Å². The van der Waals surface area contributed by atoms with Crippen LogP contribution in [0.5, 0.6) is 0 Å². The van der Waals surface area contributed by atoms with Crippen LogP contribution in [-0.2, 0) is 0 Å². The Labute approximate surface area is 114 Å². The molecular weight excluding hydrogens is 294 g/mol.